The molecule has 0 radical (unpaired) electrons. The zero-order valence-electron chi connectivity index (χ0n) is 11.1. The first kappa shape index (κ1) is 14.4. The van der Waals surface area contributed by atoms with Gasteiger partial charge in [-0.25, -0.2) is 4.98 Å². The first-order valence-corrected chi connectivity index (χ1v) is 5.83. The first-order chi connectivity index (χ1) is 8.74. The fraction of sp³-hybridized carbons (Fsp3) is 0.538. The standard InChI is InChI=1S/C13H19N3O2/c1-11-4-5-15-13(12(11)10-14)16(6-8-17-2)7-9-18-3/h4-5H,6-9H2,1-3H3. The number of anilines is 1. The maximum atomic E-state index is 9.22. The number of nitriles is 1. The lowest BCUT2D eigenvalue weighted by Gasteiger charge is -2.24. The summed E-state index contributed by atoms with van der Waals surface area (Å²) in [5, 5.41) is 9.22. The van der Waals surface area contributed by atoms with Crippen molar-refractivity contribution in [1.29, 1.82) is 5.26 Å². The molecule has 0 amide bonds. The van der Waals surface area contributed by atoms with Crippen LogP contribution in [0.1, 0.15) is 11.1 Å². The first-order valence-electron chi connectivity index (χ1n) is 5.83. The van der Waals surface area contributed by atoms with E-state index in [-0.39, 0.29) is 0 Å². The summed E-state index contributed by atoms with van der Waals surface area (Å²) in [6.45, 7) is 4.46. The molecule has 5 heteroatoms. The molecule has 18 heavy (non-hydrogen) atoms. The summed E-state index contributed by atoms with van der Waals surface area (Å²) in [6.07, 6.45) is 1.72. The van der Waals surface area contributed by atoms with Gasteiger partial charge in [-0.1, -0.05) is 0 Å². The summed E-state index contributed by atoms with van der Waals surface area (Å²) < 4.78 is 10.2. The molecule has 0 atom stereocenters. The topological polar surface area (TPSA) is 58.4 Å². The maximum absolute atomic E-state index is 9.22. The van der Waals surface area contributed by atoms with Gasteiger partial charge in [-0.3, -0.25) is 0 Å². The van der Waals surface area contributed by atoms with Crippen molar-refractivity contribution in [3.8, 4) is 6.07 Å². The van der Waals surface area contributed by atoms with Crippen molar-refractivity contribution in [1.82, 2.24) is 4.98 Å². The van der Waals surface area contributed by atoms with Crippen LogP contribution in [-0.2, 0) is 9.47 Å². The summed E-state index contributed by atoms with van der Waals surface area (Å²) in [4.78, 5) is 6.32. The number of hydrogen-bond donors (Lipinski definition) is 0. The predicted molar refractivity (Wildman–Crippen MR) is 69.7 cm³/mol. The predicted octanol–water partition coefficient (Wildman–Crippen LogP) is 1.36. The molecule has 0 fully saturated rings. The van der Waals surface area contributed by atoms with Crippen LogP contribution in [0.3, 0.4) is 0 Å². The molecule has 1 rings (SSSR count). The SMILES string of the molecule is COCCN(CCOC)c1nccc(C)c1C#N. The Morgan fingerprint density at radius 2 is 1.89 bits per heavy atom. The molecule has 0 aromatic carbocycles. The van der Waals surface area contributed by atoms with E-state index in [1.165, 1.54) is 0 Å². The maximum Gasteiger partial charge on any atom is 0.146 e. The van der Waals surface area contributed by atoms with Gasteiger partial charge in [0.2, 0.25) is 0 Å². The van der Waals surface area contributed by atoms with Gasteiger partial charge in [-0.15, -0.1) is 0 Å². The minimum Gasteiger partial charge on any atom is -0.383 e. The highest BCUT2D eigenvalue weighted by atomic mass is 16.5. The average Bonchev–Trinajstić information content (AvgIpc) is 2.39. The van der Waals surface area contributed by atoms with Crippen molar-refractivity contribution in [2.45, 2.75) is 6.92 Å². The summed E-state index contributed by atoms with van der Waals surface area (Å²) in [7, 11) is 3.31. The van der Waals surface area contributed by atoms with Crippen LogP contribution >= 0.6 is 0 Å². The van der Waals surface area contributed by atoms with E-state index >= 15 is 0 Å². The van der Waals surface area contributed by atoms with Gasteiger partial charge in [0, 0.05) is 33.5 Å². The van der Waals surface area contributed by atoms with Gasteiger partial charge in [-0.05, 0) is 18.6 Å². The number of pyridine rings is 1. The van der Waals surface area contributed by atoms with Crippen molar-refractivity contribution < 1.29 is 9.47 Å². The van der Waals surface area contributed by atoms with E-state index in [4.69, 9.17) is 9.47 Å². The largest absolute Gasteiger partial charge is 0.383 e. The quantitative estimate of drug-likeness (QED) is 0.730. The number of nitrogens with zero attached hydrogens (tertiary/aromatic N) is 3. The van der Waals surface area contributed by atoms with E-state index in [9.17, 15) is 5.26 Å². The third-order valence-electron chi connectivity index (χ3n) is 2.68. The summed E-state index contributed by atoms with van der Waals surface area (Å²) in [5.41, 5.74) is 1.55. The van der Waals surface area contributed by atoms with E-state index in [1.807, 2.05) is 17.9 Å². The van der Waals surface area contributed by atoms with Crippen molar-refractivity contribution >= 4 is 5.82 Å². The molecule has 5 nitrogen and oxygen atoms in total. The van der Waals surface area contributed by atoms with Gasteiger partial charge in [0.15, 0.2) is 0 Å². The fourth-order valence-corrected chi connectivity index (χ4v) is 1.65. The Kier molecular flexibility index (Phi) is 6.12. The van der Waals surface area contributed by atoms with Crippen LogP contribution in [0.2, 0.25) is 0 Å². The Bertz CT molecular complexity index is 407. The fourth-order valence-electron chi connectivity index (χ4n) is 1.65. The van der Waals surface area contributed by atoms with E-state index in [1.54, 1.807) is 20.4 Å². The van der Waals surface area contributed by atoms with Crippen molar-refractivity contribution in [3.05, 3.63) is 23.4 Å². The summed E-state index contributed by atoms with van der Waals surface area (Å²) in [6, 6.07) is 4.05. The number of aryl methyl sites for hydroxylation is 1. The molecule has 0 bridgehead atoms. The summed E-state index contributed by atoms with van der Waals surface area (Å²) >= 11 is 0. The number of aromatic nitrogens is 1. The normalized spacial score (nSPS) is 10.1. The van der Waals surface area contributed by atoms with Crippen molar-refractivity contribution in [2.24, 2.45) is 0 Å². The van der Waals surface area contributed by atoms with Gasteiger partial charge < -0.3 is 14.4 Å². The zero-order chi connectivity index (χ0) is 13.4. The minimum absolute atomic E-state index is 0.588. The zero-order valence-corrected chi connectivity index (χ0v) is 11.1. The van der Waals surface area contributed by atoms with Crippen LogP contribution in [0, 0.1) is 18.3 Å². The van der Waals surface area contributed by atoms with Crippen molar-refractivity contribution in [3.63, 3.8) is 0 Å². The highest BCUT2D eigenvalue weighted by Crippen LogP contribution is 2.19. The second kappa shape index (κ2) is 7.64. The highest BCUT2D eigenvalue weighted by molar-refractivity contribution is 5.57. The summed E-state index contributed by atoms with van der Waals surface area (Å²) in [5.74, 6) is 0.701. The molecule has 0 aliphatic heterocycles. The molecule has 0 saturated heterocycles. The van der Waals surface area contributed by atoms with Gasteiger partial charge in [0.25, 0.3) is 0 Å². The Hall–Kier alpha value is -1.64. The monoisotopic (exact) mass is 249 g/mol. The van der Waals surface area contributed by atoms with Crippen molar-refractivity contribution in [2.75, 3.05) is 45.4 Å². The molecule has 0 unspecified atom stereocenters. The van der Waals surface area contributed by atoms with Crippen LogP contribution in [0.25, 0.3) is 0 Å². The smallest absolute Gasteiger partial charge is 0.146 e. The molecule has 0 aliphatic rings. The lowest BCUT2D eigenvalue weighted by Crippen LogP contribution is -2.32. The number of rotatable bonds is 7. The van der Waals surface area contributed by atoms with E-state index in [0.717, 1.165) is 5.56 Å². The molecular formula is C13H19N3O2. The van der Waals surface area contributed by atoms with Crippen LogP contribution in [0.4, 0.5) is 5.82 Å². The van der Waals surface area contributed by atoms with Crippen LogP contribution in [0.5, 0.6) is 0 Å². The number of hydrogen-bond acceptors (Lipinski definition) is 5. The Morgan fingerprint density at radius 1 is 1.28 bits per heavy atom. The molecule has 0 aliphatic carbocycles. The van der Waals surface area contributed by atoms with E-state index in [0.29, 0.717) is 37.7 Å². The molecule has 0 saturated carbocycles. The lowest BCUT2D eigenvalue weighted by atomic mass is 10.1. The molecular weight excluding hydrogens is 230 g/mol. The van der Waals surface area contributed by atoms with Gasteiger partial charge >= 0.3 is 0 Å². The highest BCUT2D eigenvalue weighted by Gasteiger charge is 2.14. The van der Waals surface area contributed by atoms with Gasteiger partial charge in [0.05, 0.1) is 18.8 Å². The molecule has 98 valence electrons. The van der Waals surface area contributed by atoms with Crippen LogP contribution in [0.15, 0.2) is 12.3 Å². The van der Waals surface area contributed by atoms with Gasteiger partial charge in [0.1, 0.15) is 11.9 Å². The van der Waals surface area contributed by atoms with Gasteiger partial charge in [-0.2, -0.15) is 5.26 Å². The Balaban J connectivity index is 2.96. The lowest BCUT2D eigenvalue weighted by molar-refractivity contribution is 0.190. The third-order valence-corrected chi connectivity index (χ3v) is 2.68. The van der Waals surface area contributed by atoms with Crippen LogP contribution < -0.4 is 4.90 Å². The average molecular weight is 249 g/mol. The Labute approximate surface area is 108 Å². The molecule has 0 spiro atoms. The van der Waals surface area contributed by atoms with E-state index in [2.05, 4.69) is 11.1 Å². The Morgan fingerprint density at radius 3 is 2.39 bits per heavy atom. The second-order valence-electron chi connectivity index (χ2n) is 3.91. The minimum atomic E-state index is 0.588. The van der Waals surface area contributed by atoms with E-state index < -0.39 is 0 Å². The third kappa shape index (κ3) is 3.69. The second-order valence-corrected chi connectivity index (χ2v) is 3.91. The number of methoxy groups -OCH3 is 2. The molecule has 1 aromatic heterocycles. The molecule has 1 aromatic rings. The molecule has 0 N–H and O–H groups in total. The molecule has 1 heterocycles. The van der Waals surface area contributed by atoms with Crippen LogP contribution in [-0.4, -0.2) is 45.5 Å². The number of ether oxygens (including phenoxy) is 2.